The number of hydrogen-bond acceptors (Lipinski definition) is 5. The number of methoxy groups -OCH3 is 3. The molecule has 1 aliphatic rings. The van der Waals surface area contributed by atoms with Gasteiger partial charge in [0.05, 0.1) is 39.5 Å². The van der Waals surface area contributed by atoms with Crippen LogP contribution in [0.5, 0.6) is 11.5 Å². The second kappa shape index (κ2) is 8.68. The Bertz CT molecular complexity index is 939. The number of esters is 1. The first-order valence-electron chi connectivity index (χ1n) is 9.13. The molecule has 0 unspecified atom stereocenters. The molecule has 3 rings (SSSR count). The van der Waals surface area contributed by atoms with Crippen LogP contribution in [0.25, 0.3) is 0 Å². The van der Waals surface area contributed by atoms with Crippen LogP contribution in [0.3, 0.4) is 0 Å². The molecule has 0 bridgehead atoms. The van der Waals surface area contributed by atoms with Crippen LogP contribution < -0.4 is 14.8 Å². The minimum absolute atomic E-state index is 0.293. The number of urea groups is 1. The van der Waals surface area contributed by atoms with E-state index in [2.05, 4.69) is 5.32 Å². The van der Waals surface area contributed by atoms with Crippen molar-refractivity contribution in [2.75, 3.05) is 21.3 Å². The zero-order valence-corrected chi connectivity index (χ0v) is 16.9. The van der Waals surface area contributed by atoms with Crippen LogP contribution >= 0.6 is 0 Å². The van der Waals surface area contributed by atoms with Crippen LogP contribution in [0.1, 0.15) is 24.1 Å². The van der Waals surface area contributed by atoms with Gasteiger partial charge in [-0.1, -0.05) is 36.4 Å². The van der Waals surface area contributed by atoms with Gasteiger partial charge in [0.2, 0.25) is 0 Å². The van der Waals surface area contributed by atoms with Crippen molar-refractivity contribution >= 4 is 12.0 Å². The highest BCUT2D eigenvalue weighted by atomic mass is 16.5. The van der Waals surface area contributed by atoms with Gasteiger partial charge in [0.1, 0.15) is 0 Å². The smallest absolute Gasteiger partial charge is 0.337 e. The molecule has 7 nitrogen and oxygen atoms in total. The summed E-state index contributed by atoms with van der Waals surface area (Å²) < 4.78 is 15.7. The molecule has 1 aliphatic heterocycles. The minimum Gasteiger partial charge on any atom is -0.493 e. The number of nitrogens with one attached hydrogen (secondary N) is 1. The molecular weight excluding hydrogens is 372 g/mol. The second-order valence-corrected chi connectivity index (χ2v) is 6.56. The van der Waals surface area contributed by atoms with E-state index in [1.807, 2.05) is 30.3 Å². The van der Waals surface area contributed by atoms with E-state index < -0.39 is 12.0 Å². The van der Waals surface area contributed by atoms with Crippen LogP contribution in [-0.2, 0) is 16.1 Å². The SMILES string of the molecule is COC(=O)C1=C(C)N(Cc2ccccc2)C(=O)N[C@@H]1c1ccc(OC)c(OC)c1. The van der Waals surface area contributed by atoms with E-state index in [9.17, 15) is 9.59 Å². The molecule has 2 aromatic carbocycles. The number of nitrogens with zero attached hydrogens (tertiary/aromatic N) is 1. The first-order chi connectivity index (χ1) is 14.0. The monoisotopic (exact) mass is 396 g/mol. The van der Waals surface area contributed by atoms with E-state index in [0.717, 1.165) is 5.56 Å². The minimum atomic E-state index is -0.665. The lowest BCUT2D eigenvalue weighted by Gasteiger charge is -2.35. The maximum Gasteiger partial charge on any atom is 0.337 e. The van der Waals surface area contributed by atoms with E-state index in [0.29, 0.717) is 34.9 Å². The van der Waals surface area contributed by atoms with Crippen molar-refractivity contribution in [1.82, 2.24) is 10.2 Å². The Balaban J connectivity index is 2.04. The normalized spacial score (nSPS) is 16.3. The third-order valence-electron chi connectivity index (χ3n) is 4.93. The van der Waals surface area contributed by atoms with E-state index in [1.165, 1.54) is 14.2 Å². The molecule has 0 aliphatic carbocycles. The number of carbonyl (C=O) groups is 2. The first kappa shape index (κ1) is 20.3. The average Bonchev–Trinajstić information content (AvgIpc) is 2.76. The van der Waals surface area contributed by atoms with Gasteiger partial charge in [0.15, 0.2) is 11.5 Å². The lowest BCUT2D eigenvalue weighted by molar-refractivity contribution is -0.136. The predicted octanol–water partition coefficient (Wildman–Crippen LogP) is 3.42. The summed E-state index contributed by atoms with van der Waals surface area (Å²) in [7, 11) is 4.41. The molecule has 1 N–H and O–H groups in total. The third-order valence-corrected chi connectivity index (χ3v) is 4.93. The molecule has 1 atom stereocenters. The van der Waals surface area contributed by atoms with Crippen LogP contribution in [0.2, 0.25) is 0 Å². The third kappa shape index (κ3) is 4.03. The quantitative estimate of drug-likeness (QED) is 0.757. The van der Waals surface area contributed by atoms with E-state index in [4.69, 9.17) is 14.2 Å². The molecule has 152 valence electrons. The number of allylic oxidation sites excluding steroid dienone is 1. The number of ether oxygens (including phenoxy) is 3. The highest BCUT2D eigenvalue weighted by Crippen LogP contribution is 2.36. The van der Waals surface area contributed by atoms with Gasteiger partial charge >= 0.3 is 12.0 Å². The Labute approximate surface area is 169 Å². The molecule has 2 amide bonds. The average molecular weight is 396 g/mol. The fraction of sp³-hybridized carbons (Fsp3) is 0.273. The van der Waals surface area contributed by atoms with Gasteiger partial charge in [-0.15, -0.1) is 0 Å². The standard InChI is InChI=1S/C22H24N2O5/c1-14-19(21(25)29-4)20(16-10-11-17(27-2)18(12-16)28-3)23-22(26)24(14)13-15-8-6-5-7-9-15/h5-12,20H,13H2,1-4H3,(H,23,26)/t20-/m1/s1. The van der Waals surface area contributed by atoms with E-state index in [1.54, 1.807) is 37.1 Å². The molecule has 0 fully saturated rings. The van der Waals surface area contributed by atoms with Gasteiger partial charge in [-0.3, -0.25) is 4.90 Å². The Kier molecular flexibility index (Phi) is 6.07. The zero-order valence-electron chi connectivity index (χ0n) is 16.9. The molecule has 29 heavy (non-hydrogen) atoms. The largest absolute Gasteiger partial charge is 0.493 e. The van der Waals surface area contributed by atoms with Gasteiger partial charge in [0, 0.05) is 5.70 Å². The number of hydrogen-bond donors (Lipinski definition) is 1. The second-order valence-electron chi connectivity index (χ2n) is 6.56. The Morgan fingerprint density at radius 3 is 2.34 bits per heavy atom. The summed E-state index contributed by atoms with van der Waals surface area (Å²) in [5, 5.41) is 2.92. The first-order valence-corrected chi connectivity index (χ1v) is 9.13. The van der Waals surface area contributed by atoms with Crippen molar-refractivity contribution in [2.45, 2.75) is 19.5 Å². The summed E-state index contributed by atoms with van der Waals surface area (Å²) in [6, 6.07) is 13.9. The summed E-state index contributed by atoms with van der Waals surface area (Å²) in [5.41, 5.74) is 2.56. The molecule has 0 saturated heterocycles. The summed E-state index contributed by atoms with van der Waals surface area (Å²) >= 11 is 0. The molecule has 0 spiro atoms. The van der Waals surface area contributed by atoms with Crippen molar-refractivity contribution in [3.63, 3.8) is 0 Å². The number of benzene rings is 2. The summed E-state index contributed by atoms with van der Waals surface area (Å²) in [6.07, 6.45) is 0. The highest BCUT2D eigenvalue weighted by Gasteiger charge is 2.36. The predicted molar refractivity (Wildman–Crippen MR) is 108 cm³/mol. The Hall–Kier alpha value is -3.48. The van der Waals surface area contributed by atoms with Crippen molar-refractivity contribution in [1.29, 1.82) is 0 Å². The Morgan fingerprint density at radius 1 is 1.03 bits per heavy atom. The molecule has 0 saturated carbocycles. The number of rotatable bonds is 6. The number of amides is 2. The summed E-state index contributed by atoms with van der Waals surface area (Å²) in [6.45, 7) is 2.10. The molecule has 0 aromatic heterocycles. The summed E-state index contributed by atoms with van der Waals surface area (Å²) in [4.78, 5) is 27.1. The van der Waals surface area contributed by atoms with E-state index >= 15 is 0 Å². The van der Waals surface area contributed by atoms with Crippen molar-refractivity contribution < 1.29 is 23.8 Å². The van der Waals surface area contributed by atoms with Crippen LogP contribution in [0, 0.1) is 0 Å². The van der Waals surface area contributed by atoms with Crippen molar-refractivity contribution in [3.8, 4) is 11.5 Å². The molecule has 1 heterocycles. The fourth-order valence-corrected chi connectivity index (χ4v) is 3.39. The van der Waals surface area contributed by atoms with Crippen molar-refractivity contribution in [2.24, 2.45) is 0 Å². The fourth-order valence-electron chi connectivity index (χ4n) is 3.39. The van der Waals surface area contributed by atoms with Crippen LogP contribution in [0.15, 0.2) is 59.8 Å². The topological polar surface area (TPSA) is 77.1 Å². The molecule has 7 heteroatoms. The Morgan fingerprint density at radius 2 is 1.72 bits per heavy atom. The maximum absolute atomic E-state index is 12.9. The van der Waals surface area contributed by atoms with Gasteiger partial charge in [-0.2, -0.15) is 0 Å². The van der Waals surface area contributed by atoms with E-state index in [-0.39, 0.29) is 6.03 Å². The lowest BCUT2D eigenvalue weighted by atomic mass is 9.94. The van der Waals surface area contributed by atoms with Crippen LogP contribution in [0.4, 0.5) is 4.79 Å². The lowest BCUT2D eigenvalue weighted by Crippen LogP contribution is -2.47. The summed E-state index contributed by atoms with van der Waals surface area (Å²) in [5.74, 6) is 0.567. The van der Waals surface area contributed by atoms with Crippen molar-refractivity contribution in [3.05, 3.63) is 70.9 Å². The maximum atomic E-state index is 12.9. The van der Waals surface area contributed by atoms with Gasteiger partial charge in [0.25, 0.3) is 0 Å². The highest BCUT2D eigenvalue weighted by molar-refractivity contribution is 5.95. The number of carbonyl (C=O) groups excluding carboxylic acids is 2. The molecular formula is C22H24N2O5. The van der Waals surface area contributed by atoms with Gasteiger partial charge < -0.3 is 19.5 Å². The van der Waals surface area contributed by atoms with Gasteiger partial charge in [-0.25, -0.2) is 9.59 Å². The molecule has 0 radical (unpaired) electrons. The van der Waals surface area contributed by atoms with Gasteiger partial charge in [-0.05, 0) is 30.2 Å². The zero-order chi connectivity index (χ0) is 21.0. The molecule has 2 aromatic rings. The van der Waals surface area contributed by atoms with Crippen LogP contribution in [-0.4, -0.2) is 38.2 Å².